The Morgan fingerprint density at radius 2 is 1.82 bits per heavy atom. The van der Waals surface area contributed by atoms with Gasteiger partial charge in [0.05, 0.1) is 10.6 Å². The molecule has 0 unspecified atom stereocenters. The maximum absolute atomic E-state index is 12.9. The lowest BCUT2D eigenvalue weighted by molar-refractivity contribution is -0.0594. The van der Waals surface area contributed by atoms with E-state index in [-0.39, 0.29) is 17.5 Å². The quantitative estimate of drug-likeness (QED) is 0.245. The molecule has 210 valence electrons. The molecule has 3 fully saturated rings. The van der Waals surface area contributed by atoms with Gasteiger partial charge in [-0.3, -0.25) is 0 Å². The Hall–Kier alpha value is -0.990. The smallest absolute Gasteiger partial charge is 0.339 e. The van der Waals surface area contributed by atoms with Gasteiger partial charge >= 0.3 is 5.97 Å². The van der Waals surface area contributed by atoms with Crippen LogP contribution in [-0.4, -0.2) is 12.1 Å². The lowest BCUT2D eigenvalue weighted by Crippen LogP contribution is -2.51. The lowest BCUT2D eigenvalue weighted by Gasteiger charge is -2.58. The fourth-order valence-corrected chi connectivity index (χ4v) is 10.1. The molecule has 0 spiro atoms. The highest BCUT2D eigenvalue weighted by Gasteiger charge is 2.59. The predicted molar refractivity (Wildman–Crippen MR) is 159 cm³/mol. The van der Waals surface area contributed by atoms with Crippen LogP contribution in [0.15, 0.2) is 29.8 Å². The van der Waals surface area contributed by atoms with Crippen LogP contribution in [0.2, 0.25) is 10.0 Å². The van der Waals surface area contributed by atoms with E-state index in [1.54, 1.807) is 23.8 Å². The largest absolute Gasteiger partial charge is 0.458 e. The van der Waals surface area contributed by atoms with Gasteiger partial charge in [-0.25, -0.2) is 4.79 Å². The van der Waals surface area contributed by atoms with Crippen LogP contribution in [0.5, 0.6) is 0 Å². The number of hydrogen-bond donors (Lipinski definition) is 0. The number of halogens is 2. The highest BCUT2D eigenvalue weighted by molar-refractivity contribution is 6.36. The van der Waals surface area contributed by atoms with Crippen LogP contribution >= 0.6 is 23.2 Å². The van der Waals surface area contributed by atoms with Crippen molar-refractivity contribution in [3.63, 3.8) is 0 Å². The molecule has 5 rings (SSSR count). The van der Waals surface area contributed by atoms with Gasteiger partial charge in [-0.15, -0.1) is 0 Å². The molecule has 4 aliphatic rings. The van der Waals surface area contributed by atoms with Crippen molar-refractivity contribution in [2.45, 2.75) is 111 Å². The van der Waals surface area contributed by atoms with Gasteiger partial charge in [0.15, 0.2) is 0 Å². The highest BCUT2D eigenvalue weighted by Crippen LogP contribution is 2.67. The first-order chi connectivity index (χ1) is 18.0. The van der Waals surface area contributed by atoms with Gasteiger partial charge in [0.25, 0.3) is 0 Å². The molecule has 1 aromatic carbocycles. The molecule has 0 N–H and O–H groups in total. The monoisotopic (exact) mass is 558 g/mol. The van der Waals surface area contributed by atoms with Crippen molar-refractivity contribution in [1.82, 2.24) is 0 Å². The summed E-state index contributed by atoms with van der Waals surface area (Å²) in [4.78, 5) is 12.9. The zero-order chi connectivity index (χ0) is 27.2. The van der Waals surface area contributed by atoms with Crippen LogP contribution in [0.4, 0.5) is 0 Å². The first kappa shape index (κ1) is 28.5. The van der Waals surface area contributed by atoms with Crippen molar-refractivity contribution in [1.29, 1.82) is 0 Å². The average molecular weight is 560 g/mol. The first-order valence-corrected chi connectivity index (χ1v) is 16.1. The maximum atomic E-state index is 12.9. The summed E-state index contributed by atoms with van der Waals surface area (Å²) < 4.78 is 5.99. The van der Waals surface area contributed by atoms with Crippen LogP contribution in [-0.2, 0) is 4.74 Å². The molecule has 3 saturated carbocycles. The number of ether oxygens (including phenoxy) is 1. The summed E-state index contributed by atoms with van der Waals surface area (Å²) >= 11 is 12.3. The van der Waals surface area contributed by atoms with Crippen LogP contribution < -0.4 is 0 Å². The maximum Gasteiger partial charge on any atom is 0.339 e. The second-order valence-electron chi connectivity index (χ2n) is 14.2. The Morgan fingerprint density at radius 3 is 2.55 bits per heavy atom. The molecule has 0 radical (unpaired) electrons. The standard InChI is InChI=1S/C34H48Cl2O2/c1-21(2)7-6-8-22(3)28-13-14-29-26-11-9-23-19-25(38-32(37)27-12-10-24(35)20-31(27)36)15-17-33(23,4)30(26)16-18-34(28,29)5/h9-10,12,20-22,25-26,28-30H,6-8,11,13-19H2,1-5H3/t22-,25-,26-,28+,29-,30-,33-,34+/m0/s1. The minimum absolute atomic E-state index is 0.0680. The van der Waals surface area contributed by atoms with E-state index in [0.29, 0.717) is 21.0 Å². The average Bonchev–Trinajstić information content (AvgIpc) is 3.21. The fourth-order valence-electron chi connectivity index (χ4n) is 9.62. The lowest BCUT2D eigenvalue weighted by atomic mass is 9.47. The van der Waals surface area contributed by atoms with Crippen LogP contribution in [0.1, 0.15) is 116 Å². The molecule has 2 nitrogen and oxygen atoms in total. The van der Waals surface area contributed by atoms with E-state index in [1.165, 1.54) is 51.4 Å². The Labute approximate surface area is 241 Å². The number of fused-ring (bicyclic) bond motifs is 5. The van der Waals surface area contributed by atoms with E-state index in [0.717, 1.165) is 54.8 Å². The number of hydrogen-bond acceptors (Lipinski definition) is 2. The number of carbonyl (C=O) groups excluding carboxylic acids is 1. The molecule has 0 aromatic heterocycles. The van der Waals surface area contributed by atoms with Crippen molar-refractivity contribution in [3.05, 3.63) is 45.5 Å². The predicted octanol–water partition coefficient (Wildman–Crippen LogP) is 10.6. The zero-order valence-electron chi connectivity index (χ0n) is 24.2. The van der Waals surface area contributed by atoms with Crippen molar-refractivity contribution in [3.8, 4) is 0 Å². The van der Waals surface area contributed by atoms with Gasteiger partial charge in [-0.2, -0.15) is 0 Å². The van der Waals surface area contributed by atoms with Gasteiger partial charge in [-0.05, 0) is 109 Å². The third-order valence-electron chi connectivity index (χ3n) is 11.7. The number of carbonyl (C=O) groups is 1. The Balaban J connectivity index is 1.25. The molecule has 38 heavy (non-hydrogen) atoms. The van der Waals surface area contributed by atoms with Crippen LogP contribution in [0.25, 0.3) is 0 Å². The zero-order valence-corrected chi connectivity index (χ0v) is 25.7. The molecule has 4 heteroatoms. The molecule has 1 aromatic rings. The molecule has 0 aliphatic heterocycles. The van der Waals surface area contributed by atoms with E-state index >= 15 is 0 Å². The SMILES string of the molecule is CC(C)CCC[C@H](C)[C@H]1CC[C@H]2[C@@H]3CC=C4C[C@@H](OC(=O)c5ccc(Cl)cc5Cl)CC[C@]4(C)[C@H]3CC[C@]12C. The van der Waals surface area contributed by atoms with E-state index < -0.39 is 0 Å². The summed E-state index contributed by atoms with van der Waals surface area (Å²) in [5, 5.41) is 0.886. The van der Waals surface area contributed by atoms with Crippen molar-refractivity contribution in [2.24, 2.45) is 46.3 Å². The molecule has 0 saturated heterocycles. The molecular weight excluding hydrogens is 511 g/mol. The number of esters is 1. The second kappa shape index (κ2) is 11.1. The summed E-state index contributed by atoms with van der Waals surface area (Å²) in [6.07, 6.45) is 16.4. The molecule has 0 heterocycles. The fraction of sp³-hybridized carbons (Fsp3) is 0.735. The topological polar surface area (TPSA) is 26.3 Å². The summed E-state index contributed by atoms with van der Waals surface area (Å²) in [5.74, 6) is 4.71. The number of allylic oxidation sites excluding steroid dienone is 1. The minimum Gasteiger partial charge on any atom is -0.458 e. The summed E-state index contributed by atoms with van der Waals surface area (Å²) in [6, 6.07) is 4.98. The van der Waals surface area contributed by atoms with Gasteiger partial charge in [-0.1, -0.05) is 88.7 Å². The van der Waals surface area contributed by atoms with Gasteiger partial charge in [0.1, 0.15) is 6.10 Å². The highest BCUT2D eigenvalue weighted by atomic mass is 35.5. The van der Waals surface area contributed by atoms with E-state index in [9.17, 15) is 4.79 Å². The summed E-state index contributed by atoms with van der Waals surface area (Å²) in [5.41, 5.74) is 2.73. The molecule has 0 amide bonds. The van der Waals surface area contributed by atoms with Crippen LogP contribution in [0, 0.1) is 46.3 Å². The minimum atomic E-state index is -0.331. The molecule has 0 bridgehead atoms. The van der Waals surface area contributed by atoms with Gasteiger partial charge < -0.3 is 4.74 Å². The van der Waals surface area contributed by atoms with Gasteiger partial charge in [0.2, 0.25) is 0 Å². The molecular formula is C34H48Cl2O2. The van der Waals surface area contributed by atoms with Gasteiger partial charge in [0, 0.05) is 11.4 Å². The van der Waals surface area contributed by atoms with E-state index in [4.69, 9.17) is 27.9 Å². The third kappa shape index (κ3) is 5.23. The molecule has 4 aliphatic carbocycles. The first-order valence-electron chi connectivity index (χ1n) is 15.4. The number of rotatable bonds is 7. The normalized spacial score (nSPS) is 37.2. The van der Waals surface area contributed by atoms with E-state index in [2.05, 4.69) is 40.7 Å². The number of benzene rings is 1. The van der Waals surface area contributed by atoms with Crippen molar-refractivity contribution < 1.29 is 9.53 Å². The summed E-state index contributed by atoms with van der Waals surface area (Å²) in [7, 11) is 0. The second-order valence-corrected chi connectivity index (χ2v) is 15.0. The van der Waals surface area contributed by atoms with E-state index in [1.807, 2.05) is 0 Å². The Bertz CT molecular complexity index is 1060. The third-order valence-corrected chi connectivity index (χ3v) is 12.2. The Kier molecular flexibility index (Phi) is 8.35. The summed E-state index contributed by atoms with van der Waals surface area (Å²) in [6.45, 7) is 12.5. The van der Waals surface area contributed by atoms with Crippen molar-refractivity contribution in [2.75, 3.05) is 0 Å². The Morgan fingerprint density at radius 1 is 1.03 bits per heavy atom. The molecule has 8 atom stereocenters. The van der Waals surface area contributed by atoms with Crippen LogP contribution in [0.3, 0.4) is 0 Å². The van der Waals surface area contributed by atoms with Crippen molar-refractivity contribution >= 4 is 29.2 Å².